The number of esters is 1. The van der Waals surface area contributed by atoms with Crippen molar-refractivity contribution >= 4 is 52.0 Å². The number of halogens is 1. The highest BCUT2D eigenvalue weighted by Crippen LogP contribution is 2.41. The number of methoxy groups -OCH3 is 1. The molecule has 3 aromatic carbocycles. The third kappa shape index (κ3) is 8.22. The number of fused-ring (bicyclic) bond motifs is 1. The zero-order chi connectivity index (χ0) is 42.8. The molecule has 0 saturated heterocycles. The smallest absolute Gasteiger partial charge is 0.348 e. The van der Waals surface area contributed by atoms with Gasteiger partial charge in [-0.15, -0.1) is 11.3 Å². The topological polar surface area (TPSA) is 150 Å². The summed E-state index contributed by atoms with van der Waals surface area (Å²) in [5, 5.41) is 10.1. The second-order valence-electron chi connectivity index (χ2n) is 16.2. The first kappa shape index (κ1) is 43.9. The molecule has 0 saturated carbocycles. The number of carbonyl (C=O) groups excluding carboxylic acids is 2. The number of hydrogen-bond acceptors (Lipinski definition) is 10. The van der Waals surface area contributed by atoms with Gasteiger partial charge < -0.3 is 19.0 Å². The average Bonchev–Trinajstić information content (AvgIpc) is 3.54. The lowest BCUT2D eigenvalue weighted by Crippen LogP contribution is -2.66. The standard InChI is InChI=1S/C44H50FN3O8SSi/c1-10-55-40(51)37-28(2)36-38(50)48(44(7,8)35(49)24-43(5,6)58(53,30-17-13-11-14-18-30)31-19-15-12-16-20-31)41(52)47(39(36)57-37)25-34(56-27-42(3,4)26-46)32-23-29(45)21-22-33(32)54-9/h11-23,34,53H,10,24-25,27H2,1-9H3/t34-/m0/s1. The minimum Gasteiger partial charge on any atom is -0.496 e. The molecule has 14 heteroatoms. The van der Waals surface area contributed by atoms with Crippen molar-refractivity contribution in [3.63, 3.8) is 0 Å². The summed E-state index contributed by atoms with van der Waals surface area (Å²) >= 11 is 0.891. The second-order valence-corrected chi connectivity index (χ2v) is 21.1. The van der Waals surface area contributed by atoms with Crippen LogP contribution >= 0.6 is 11.3 Å². The van der Waals surface area contributed by atoms with Gasteiger partial charge in [-0.1, -0.05) is 74.5 Å². The van der Waals surface area contributed by atoms with Crippen LogP contribution in [0, 0.1) is 29.5 Å². The summed E-state index contributed by atoms with van der Waals surface area (Å²) in [7, 11) is -2.30. The molecule has 0 amide bonds. The lowest BCUT2D eigenvalue weighted by Gasteiger charge is -2.42. The molecule has 0 aliphatic rings. The minimum absolute atomic E-state index is 0.0227. The van der Waals surface area contributed by atoms with Gasteiger partial charge in [-0.25, -0.2) is 18.5 Å². The number of hydrogen-bond donors (Lipinski definition) is 1. The lowest BCUT2D eigenvalue weighted by atomic mass is 9.91. The zero-order valence-corrected chi connectivity index (χ0v) is 36.2. The quantitative estimate of drug-likeness (QED) is 0.0882. The van der Waals surface area contributed by atoms with Crippen LogP contribution in [0.15, 0.2) is 88.5 Å². The predicted octanol–water partition coefficient (Wildman–Crippen LogP) is 6.39. The fourth-order valence-electron chi connectivity index (χ4n) is 7.27. The molecule has 2 heterocycles. The molecule has 306 valence electrons. The van der Waals surface area contributed by atoms with E-state index in [9.17, 15) is 28.8 Å². The monoisotopic (exact) mass is 827 g/mol. The van der Waals surface area contributed by atoms with E-state index in [1.54, 1.807) is 27.7 Å². The van der Waals surface area contributed by atoms with E-state index in [-0.39, 0.29) is 58.1 Å². The molecule has 0 aliphatic carbocycles. The largest absolute Gasteiger partial charge is 0.496 e. The molecule has 0 aliphatic heterocycles. The van der Waals surface area contributed by atoms with Crippen LogP contribution in [0.25, 0.3) is 10.2 Å². The SMILES string of the molecule is CCOC(=O)c1sc2c(c1C)c(=O)n(C(C)(C)C(=O)CC(C)(C)[Si](O)(c1ccccc1)c1ccccc1)c(=O)n2C[C@H](OCC(C)(C)C#N)c1cc(F)ccc1OC. The molecule has 2 aromatic heterocycles. The summed E-state index contributed by atoms with van der Waals surface area (Å²) in [5.41, 5.74) is -3.96. The number of nitrogens with zero attached hydrogens (tertiary/aromatic N) is 3. The number of carbonyl (C=O) groups is 2. The third-order valence-corrected chi connectivity index (χ3v) is 16.5. The Morgan fingerprint density at radius 2 is 1.55 bits per heavy atom. The molecular formula is C44H50FN3O8SSi. The molecule has 11 nitrogen and oxygen atoms in total. The highest BCUT2D eigenvalue weighted by molar-refractivity contribution is 7.20. The van der Waals surface area contributed by atoms with E-state index in [1.807, 2.05) is 74.5 Å². The molecule has 0 fully saturated rings. The van der Waals surface area contributed by atoms with E-state index < -0.39 is 59.2 Å². The van der Waals surface area contributed by atoms with Gasteiger partial charge in [0.1, 0.15) is 32.9 Å². The van der Waals surface area contributed by atoms with Gasteiger partial charge in [-0.05, 0) is 80.7 Å². The van der Waals surface area contributed by atoms with Gasteiger partial charge >= 0.3 is 11.7 Å². The van der Waals surface area contributed by atoms with Crippen LogP contribution in [0.3, 0.4) is 0 Å². The Kier molecular flexibility index (Phi) is 12.8. The number of rotatable bonds is 16. The van der Waals surface area contributed by atoms with Crippen molar-refractivity contribution in [3.05, 3.63) is 122 Å². The third-order valence-electron chi connectivity index (χ3n) is 10.7. The highest BCUT2D eigenvalue weighted by atomic mass is 32.1. The second kappa shape index (κ2) is 17.0. The summed E-state index contributed by atoms with van der Waals surface area (Å²) in [4.78, 5) is 70.9. The molecule has 58 heavy (non-hydrogen) atoms. The summed E-state index contributed by atoms with van der Waals surface area (Å²) in [6.07, 6.45) is -1.34. The summed E-state index contributed by atoms with van der Waals surface area (Å²) < 4.78 is 34.2. The number of ether oxygens (including phenoxy) is 3. The van der Waals surface area contributed by atoms with Crippen LogP contribution in [0.2, 0.25) is 5.04 Å². The van der Waals surface area contributed by atoms with E-state index in [0.29, 0.717) is 10.4 Å². The van der Waals surface area contributed by atoms with Crippen molar-refractivity contribution in [3.8, 4) is 11.8 Å². The van der Waals surface area contributed by atoms with Gasteiger partial charge in [-0.2, -0.15) is 5.26 Å². The van der Waals surface area contributed by atoms with Crippen LogP contribution in [0.4, 0.5) is 4.39 Å². The van der Waals surface area contributed by atoms with Gasteiger partial charge in [-0.3, -0.25) is 14.2 Å². The number of aromatic nitrogens is 2. The molecule has 5 aromatic rings. The Morgan fingerprint density at radius 1 is 0.966 bits per heavy atom. The molecule has 1 atom stereocenters. The van der Waals surface area contributed by atoms with Gasteiger partial charge in [0.25, 0.3) is 13.9 Å². The normalized spacial score (nSPS) is 12.9. The van der Waals surface area contributed by atoms with Crippen molar-refractivity contribution in [2.75, 3.05) is 20.3 Å². The number of nitriles is 1. The maximum Gasteiger partial charge on any atom is 0.348 e. The van der Waals surface area contributed by atoms with Gasteiger partial charge in [0, 0.05) is 12.0 Å². The Bertz CT molecular complexity index is 2450. The molecular weight excluding hydrogens is 778 g/mol. The van der Waals surface area contributed by atoms with Gasteiger partial charge in [0.05, 0.1) is 43.7 Å². The van der Waals surface area contributed by atoms with Crippen molar-refractivity contribution in [2.45, 2.75) is 85.0 Å². The van der Waals surface area contributed by atoms with Crippen molar-refractivity contribution in [2.24, 2.45) is 5.41 Å². The zero-order valence-electron chi connectivity index (χ0n) is 34.3. The van der Waals surface area contributed by atoms with Crippen LogP contribution in [0.1, 0.15) is 81.8 Å². The maximum absolute atomic E-state index is 15.0. The maximum atomic E-state index is 15.0. The van der Waals surface area contributed by atoms with Crippen molar-refractivity contribution in [1.29, 1.82) is 5.26 Å². The molecule has 0 unspecified atom stereocenters. The lowest BCUT2D eigenvalue weighted by molar-refractivity contribution is -0.127. The Labute approximate surface area is 342 Å². The molecule has 5 rings (SSSR count). The van der Waals surface area contributed by atoms with E-state index >= 15 is 4.79 Å². The first-order valence-corrected chi connectivity index (χ1v) is 21.7. The average molecular weight is 828 g/mol. The van der Waals surface area contributed by atoms with E-state index in [1.165, 1.54) is 43.7 Å². The fourth-order valence-corrected chi connectivity index (χ4v) is 12.1. The minimum atomic E-state index is -3.70. The van der Waals surface area contributed by atoms with Crippen LogP contribution in [-0.2, 0) is 26.4 Å². The Balaban J connectivity index is 1.73. The van der Waals surface area contributed by atoms with Crippen molar-refractivity contribution in [1.82, 2.24) is 9.13 Å². The number of aryl methyl sites for hydroxylation is 1. The number of benzene rings is 3. The van der Waals surface area contributed by atoms with Crippen LogP contribution in [-0.4, -0.2) is 54.3 Å². The van der Waals surface area contributed by atoms with E-state index in [4.69, 9.17) is 14.2 Å². The predicted molar refractivity (Wildman–Crippen MR) is 225 cm³/mol. The Hall–Kier alpha value is -5.20. The molecule has 0 bridgehead atoms. The summed E-state index contributed by atoms with van der Waals surface area (Å²) in [6, 6.07) is 24.4. The molecule has 0 radical (unpaired) electrons. The highest BCUT2D eigenvalue weighted by Gasteiger charge is 2.52. The number of thiophene rings is 1. The van der Waals surface area contributed by atoms with Gasteiger partial charge in [0.15, 0.2) is 5.78 Å². The fraction of sp³-hybridized carbons (Fsp3) is 0.386. The summed E-state index contributed by atoms with van der Waals surface area (Å²) in [6.45, 7) is 12.8. The van der Waals surface area contributed by atoms with Crippen molar-refractivity contribution < 1.29 is 33.0 Å². The number of ketones is 1. The molecule has 1 N–H and O–H groups in total. The first-order valence-electron chi connectivity index (χ1n) is 18.9. The summed E-state index contributed by atoms with van der Waals surface area (Å²) in [5.74, 6) is -1.54. The Morgan fingerprint density at radius 3 is 2.09 bits per heavy atom. The number of Topliss-reactive ketones (excluding diaryl/α,β-unsaturated/α-hetero) is 1. The molecule has 0 spiro atoms. The van der Waals surface area contributed by atoms with E-state index in [0.717, 1.165) is 15.9 Å². The van der Waals surface area contributed by atoms with Crippen LogP contribution in [0.5, 0.6) is 5.75 Å². The first-order chi connectivity index (χ1) is 27.2. The van der Waals surface area contributed by atoms with Crippen LogP contribution < -0.4 is 26.4 Å². The van der Waals surface area contributed by atoms with E-state index in [2.05, 4.69) is 6.07 Å². The van der Waals surface area contributed by atoms with Gasteiger partial charge in [0.2, 0.25) is 0 Å².